The Hall–Kier alpha value is -0.0800. The molecule has 0 aliphatic heterocycles. The molecule has 1 saturated carbocycles. The number of hydrogen-bond acceptors (Lipinski definition) is 2. The molecule has 2 heteroatoms. The van der Waals surface area contributed by atoms with Crippen LogP contribution in [0.25, 0.3) is 0 Å². The Balaban J connectivity index is 2.47. The fraction of sp³-hybridized carbons (Fsp3) is 1.00. The predicted octanol–water partition coefficient (Wildman–Crippen LogP) is 4.40. The van der Waals surface area contributed by atoms with E-state index in [-0.39, 0.29) is 6.17 Å². The Kier molecular flexibility index (Phi) is 8.13. The van der Waals surface area contributed by atoms with Gasteiger partial charge in [-0.2, -0.15) is 0 Å². The highest BCUT2D eigenvalue weighted by Crippen LogP contribution is 2.39. The van der Waals surface area contributed by atoms with Gasteiger partial charge in [-0.15, -0.1) is 0 Å². The van der Waals surface area contributed by atoms with Crippen molar-refractivity contribution in [3.8, 4) is 0 Å². The highest BCUT2D eigenvalue weighted by atomic mass is 15.0. The van der Waals surface area contributed by atoms with Crippen LogP contribution in [0.3, 0.4) is 0 Å². The Morgan fingerprint density at radius 3 is 2.25 bits per heavy atom. The molecule has 1 aliphatic carbocycles. The average molecular weight is 283 g/mol. The monoisotopic (exact) mass is 282 g/mol. The van der Waals surface area contributed by atoms with Gasteiger partial charge >= 0.3 is 0 Å². The van der Waals surface area contributed by atoms with Crippen molar-refractivity contribution in [2.75, 3.05) is 6.54 Å². The van der Waals surface area contributed by atoms with E-state index >= 15 is 0 Å². The third-order valence-electron chi connectivity index (χ3n) is 5.73. The second-order valence-electron chi connectivity index (χ2n) is 7.42. The summed E-state index contributed by atoms with van der Waals surface area (Å²) in [7, 11) is 0. The SMILES string of the molecule is CCC(CNC(N)C(C)C)C1CCCC([C@@H](C)CC)C1. The minimum atomic E-state index is 0.151. The van der Waals surface area contributed by atoms with E-state index < -0.39 is 0 Å². The molecule has 0 aromatic rings. The normalized spacial score (nSPS) is 28.4. The van der Waals surface area contributed by atoms with E-state index in [0.29, 0.717) is 5.92 Å². The molecule has 0 radical (unpaired) electrons. The highest BCUT2D eigenvalue weighted by Gasteiger charge is 2.29. The molecule has 0 amide bonds. The standard InChI is InChI=1S/C18H38N2/c1-6-14(5)16-9-8-10-17(11-16)15(7-2)12-20-18(19)13(3)4/h13-18,20H,6-12,19H2,1-5H3/t14-,15?,16?,17?,18?/m0/s1. The summed E-state index contributed by atoms with van der Waals surface area (Å²) in [4.78, 5) is 0. The van der Waals surface area contributed by atoms with Crippen molar-refractivity contribution in [3.05, 3.63) is 0 Å². The van der Waals surface area contributed by atoms with Crippen LogP contribution >= 0.6 is 0 Å². The minimum absolute atomic E-state index is 0.151. The van der Waals surface area contributed by atoms with Crippen molar-refractivity contribution in [2.24, 2.45) is 35.3 Å². The summed E-state index contributed by atoms with van der Waals surface area (Å²) >= 11 is 0. The van der Waals surface area contributed by atoms with Gasteiger partial charge in [0.05, 0.1) is 6.17 Å². The van der Waals surface area contributed by atoms with Crippen molar-refractivity contribution < 1.29 is 0 Å². The van der Waals surface area contributed by atoms with Gasteiger partial charge in [0.15, 0.2) is 0 Å². The lowest BCUT2D eigenvalue weighted by Gasteiger charge is -2.37. The van der Waals surface area contributed by atoms with Crippen LogP contribution in [0.1, 0.15) is 73.1 Å². The van der Waals surface area contributed by atoms with Crippen LogP contribution in [-0.4, -0.2) is 12.7 Å². The van der Waals surface area contributed by atoms with Crippen molar-refractivity contribution in [3.63, 3.8) is 0 Å². The molecule has 5 atom stereocenters. The van der Waals surface area contributed by atoms with E-state index in [0.717, 1.165) is 30.2 Å². The molecular weight excluding hydrogens is 244 g/mol. The number of nitrogens with two attached hydrogens (primary N) is 1. The molecule has 20 heavy (non-hydrogen) atoms. The van der Waals surface area contributed by atoms with Gasteiger partial charge in [0, 0.05) is 0 Å². The van der Waals surface area contributed by atoms with Gasteiger partial charge in [-0.05, 0) is 42.6 Å². The van der Waals surface area contributed by atoms with E-state index in [2.05, 4.69) is 39.9 Å². The van der Waals surface area contributed by atoms with Crippen molar-refractivity contribution in [2.45, 2.75) is 79.3 Å². The first-order valence-electron chi connectivity index (χ1n) is 8.98. The number of nitrogens with one attached hydrogen (secondary N) is 1. The minimum Gasteiger partial charge on any atom is -0.316 e. The zero-order chi connectivity index (χ0) is 15.1. The summed E-state index contributed by atoms with van der Waals surface area (Å²) in [5.74, 6) is 4.12. The molecule has 3 N–H and O–H groups in total. The quantitative estimate of drug-likeness (QED) is 0.648. The van der Waals surface area contributed by atoms with Gasteiger partial charge in [-0.25, -0.2) is 0 Å². The zero-order valence-corrected chi connectivity index (χ0v) is 14.5. The first kappa shape index (κ1) is 18.0. The van der Waals surface area contributed by atoms with E-state index in [1.165, 1.54) is 38.5 Å². The van der Waals surface area contributed by atoms with Gasteiger partial charge in [-0.1, -0.05) is 66.7 Å². The first-order valence-corrected chi connectivity index (χ1v) is 8.98. The van der Waals surface area contributed by atoms with Gasteiger partial charge in [0.25, 0.3) is 0 Å². The fourth-order valence-corrected chi connectivity index (χ4v) is 3.71. The average Bonchev–Trinajstić information content (AvgIpc) is 2.47. The van der Waals surface area contributed by atoms with Gasteiger partial charge in [0.2, 0.25) is 0 Å². The second kappa shape index (κ2) is 9.04. The van der Waals surface area contributed by atoms with Crippen molar-refractivity contribution >= 4 is 0 Å². The lowest BCUT2D eigenvalue weighted by molar-refractivity contribution is 0.146. The molecule has 0 bridgehead atoms. The summed E-state index contributed by atoms with van der Waals surface area (Å²) < 4.78 is 0. The maximum Gasteiger partial charge on any atom is 0.0570 e. The molecule has 0 saturated heterocycles. The zero-order valence-electron chi connectivity index (χ0n) is 14.5. The molecule has 0 aromatic heterocycles. The summed E-state index contributed by atoms with van der Waals surface area (Å²) in [6.45, 7) is 12.6. The summed E-state index contributed by atoms with van der Waals surface area (Å²) in [5, 5.41) is 3.57. The van der Waals surface area contributed by atoms with Crippen LogP contribution in [0, 0.1) is 29.6 Å². The molecule has 2 nitrogen and oxygen atoms in total. The van der Waals surface area contributed by atoms with E-state index in [4.69, 9.17) is 5.73 Å². The molecule has 1 aliphatic rings. The van der Waals surface area contributed by atoms with Crippen LogP contribution < -0.4 is 11.1 Å². The predicted molar refractivity (Wildman–Crippen MR) is 89.5 cm³/mol. The molecule has 0 spiro atoms. The van der Waals surface area contributed by atoms with Crippen molar-refractivity contribution in [1.29, 1.82) is 0 Å². The number of hydrogen-bond donors (Lipinski definition) is 2. The smallest absolute Gasteiger partial charge is 0.0570 e. The second-order valence-corrected chi connectivity index (χ2v) is 7.42. The van der Waals surface area contributed by atoms with Crippen LogP contribution in [0.15, 0.2) is 0 Å². The van der Waals surface area contributed by atoms with Gasteiger partial charge < -0.3 is 11.1 Å². The van der Waals surface area contributed by atoms with E-state index in [1.807, 2.05) is 0 Å². The maximum atomic E-state index is 6.13. The van der Waals surface area contributed by atoms with E-state index in [9.17, 15) is 0 Å². The molecule has 1 fully saturated rings. The Morgan fingerprint density at radius 1 is 1.05 bits per heavy atom. The van der Waals surface area contributed by atoms with Crippen LogP contribution in [0.2, 0.25) is 0 Å². The summed E-state index contributed by atoms with van der Waals surface area (Å²) in [6.07, 6.45) is 8.56. The lowest BCUT2D eigenvalue weighted by Crippen LogP contribution is -2.45. The molecule has 0 aromatic carbocycles. The molecule has 4 unspecified atom stereocenters. The third kappa shape index (κ3) is 5.37. The highest BCUT2D eigenvalue weighted by molar-refractivity contribution is 4.81. The van der Waals surface area contributed by atoms with Crippen molar-refractivity contribution in [1.82, 2.24) is 5.32 Å². The Bertz CT molecular complexity index is 252. The first-order chi connectivity index (χ1) is 9.49. The fourth-order valence-electron chi connectivity index (χ4n) is 3.71. The van der Waals surface area contributed by atoms with Crippen LogP contribution in [-0.2, 0) is 0 Å². The molecule has 120 valence electrons. The molecule has 1 rings (SSSR count). The number of rotatable bonds is 8. The van der Waals surface area contributed by atoms with Crippen LogP contribution in [0.4, 0.5) is 0 Å². The van der Waals surface area contributed by atoms with Crippen LogP contribution in [0.5, 0.6) is 0 Å². The lowest BCUT2D eigenvalue weighted by atomic mass is 9.70. The van der Waals surface area contributed by atoms with E-state index in [1.54, 1.807) is 0 Å². The maximum absolute atomic E-state index is 6.13. The topological polar surface area (TPSA) is 38.0 Å². The van der Waals surface area contributed by atoms with Gasteiger partial charge in [-0.3, -0.25) is 0 Å². The Morgan fingerprint density at radius 2 is 1.70 bits per heavy atom. The third-order valence-corrected chi connectivity index (χ3v) is 5.73. The largest absolute Gasteiger partial charge is 0.316 e. The summed E-state index contributed by atoms with van der Waals surface area (Å²) in [6, 6.07) is 0. The Labute approximate surface area is 127 Å². The summed E-state index contributed by atoms with van der Waals surface area (Å²) in [5.41, 5.74) is 6.13. The molecular formula is C18H38N2. The molecule has 0 heterocycles. The van der Waals surface area contributed by atoms with Gasteiger partial charge in [0.1, 0.15) is 0 Å².